The van der Waals surface area contributed by atoms with Crippen LogP contribution in [-0.4, -0.2) is 40.0 Å². The van der Waals surface area contributed by atoms with E-state index >= 15 is 0 Å². The second-order valence-electron chi connectivity index (χ2n) is 4.24. The number of carboxylic acid groups (broad SMARTS) is 1. The molecule has 17 heavy (non-hydrogen) atoms. The average molecular weight is 240 g/mol. The second kappa shape index (κ2) is 4.99. The zero-order valence-electron chi connectivity index (χ0n) is 10.3. The summed E-state index contributed by atoms with van der Waals surface area (Å²) < 4.78 is 4.96. The van der Waals surface area contributed by atoms with E-state index in [2.05, 4.69) is 4.98 Å². The van der Waals surface area contributed by atoms with Gasteiger partial charge >= 0.3 is 11.9 Å². The Bertz CT molecular complexity index is 425. The molecule has 1 rings (SSSR count). The summed E-state index contributed by atoms with van der Waals surface area (Å²) in [6, 6.07) is -0.894. The number of aryl methyl sites for hydroxylation is 1. The van der Waals surface area contributed by atoms with E-state index in [-0.39, 0.29) is 11.8 Å². The summed E-state index contributed by atoms with van der Waals surface area (Å²) in [5.41, 5.74) is 0.582. The van der Waals surface area contributed by atoms with E-state index in [4.69, 9.17) is 9.52 Å². The molecule has 0 aliphatic rings. The van der Waals surface area contributed by atoms with Crippen LogP contribution in [-0.2, 0) is 4.79 Å². The van der Waals surface area contributed by atoms with Crippen LogP contribution in [0.5, 0.6) is 0 Å². The molecule has 0 saturated carbocycles. The number of carbonyl (C=O) groups excluding carboxylic acids is 1. The molecule has 0 spiro atoms. The number of likely N-dealkylation sites (N-methyl/N-ethyl adjacent to an activating group) is 1. The van der Waals surface area contributed by atoms with Crippen LogP contribution in [0.25, 0.3) is 0 Å². The van der Waals surface area contributed by atoms with Crippen LogP contribution in [0.2, 0.25) is 0 Å². The molecule has 6 nitrogen and oxygen atoms in total. The molecule has 0 aromatic carbocycles. The smallest absolute Gasteiger partial charge is 0.326 e. The van der Waals surface area contributed by atoms with Crippen LogP contribution in [0.15, 0.2) is 10.7 Å². The summed E-state index contributed by atoms with van der Waals surface area (Å²) in [6.07, 6.45) is 1.35. The van der Waals surface area contributed by atoms with Gasteiger partial charge in [-0.3, -0.25) is 4.79 Å². The number of carboxylic acids is 1. The zero-order valence-corrected chi connectivity index (χ0v) is 10.3. The Balaban J connectivity index is 2.91. The first-order valence-corrected chi connectivity index (χ1v) is 5.26. The van der Waals surface area contributed by atoms with Crippen LogP contribution in [0.1, 0.15) is 30.2 Å². The molecule has 0 aliphatic carbocycles. The summed E-state index contributed by atoms with van der Waals surface area (Å²) >= 11 is 0. The number of nitrogens with zero attached hydrogens (tertiary/aromatic N) is 2. The summed E-state index contributed by atoms with van der Waals surface area (Å²) in [5, 5.41) is 9.07. The maximum atomic E-state index is 11.9. The normalized spacial score (nSPS) is 12.5. The van der Waals surface area contributed by atoms with E-state index in [1.165, 1.54) is 13.3 Å². The van der Waals surface area contributed by atoms with Crippen molar-refractivity contribution in [2.24, 2.45) is 5.92 Å². The maximum Gasteiger partial charge on any atom is 0.326 e. The minimum absolute atomic E-state index is 0.0862. The topological polar surface area (TPSA) is 83.6 Å². The Kier molecular flexibility index (Phi) is 3.88. The number of aliphatic carboxylic acids is 1. The fourth-order valence-corrected chi connectivity index (χ4v) is 1.63. The van der Waals surface area contributed by atoms with Gasteiger partial charge in [0, 0.05) is 7.05 Å². The lowest BCUT2D eigenvalue weighted by Gasteiger charge is -2.26. The fourth-order valence-electron chi connectivity index (χ4n) is 1.63. The molecule has 0 fully saturated rings. The highest BCUT2D eigenvalue weighted by atomic mass is 16.4. The van der Waals surface area contributed by atoms with Crippen LogP contribution in [0.3, 0.4) is 0 Å². The van der Waals surface area contributed by atoms with E-state index in [1.54, 1.807) is 20.8 Å². The minimum atomic E-state index is -1.04. The van der Waals surface area contributed by atoms with E-state index in [9.17, 15) is 9.59 Å². The van der Waals surface area contributed by atoms with Gasteiger partial charge in [0.1, 0.15) is 12.3 Å². The van der Waals surface area contributed by atoms with E-state index < -0.39 is 17.9 Å². The van der Waals surface area contributed by atoms with Crippen molar-refractivity contribution in [3.63, 3.8) is 0 Å². The van der Waals surface area contributed by atoms with Crippen molar-refractivity contribution < 1.29 is 19.1 Å². The number of carbonyl (C=O) groups is 2. The third kappa shape index (κ3) is 2.83. The number of aromatic nitrogens is 1. The summed E-state index contributed by atoms with van der Waals surface area (Å²) in [5.74, 6) is -1.85. The highest BCUT2D eigenvalue weighted by Gasteiger charge is 2.31. The minimum Gasteiger partial charge on any atom is -0.480 e. The molecular formula is C11H16N2O4. The molecule has 1 amide bonds. The lowest BCUT2D eigenvalue weighted by atomic mass is 10.0. The zero-order chi connectivity index (χ0) is 13.2. The van der Waals surface area contributed by atoms with Gasteiger partial charge in [0.25, 0.3) is 5.89 Å². The fraction of sp³-hybridized carbons (Fsp3) is 0.545. The standard InChI is InChI=1S/C11H16N2O4/c1-6(2)8(11(15)16)13(4)10(14)9-12-7(3)5-17-9/h5-6,8H,1-4H3,(H,15,16). The molecule has 1 aromatic heterocycles. The van der Waals surface area contributed by atoms with Crippen LogP contribution in [0, 0.1) is 12.8 Å². The lowest BCUT2D eigenvalue weighted by molar-refractivity contribution is -0.143. The van der Waals surface area contributed by atoms with Gasteiger partial charge < -0.3 is 14.4 Å². The van der Waals surface area contributed by atoms with E-state index in [0.717, 1.165) is 4.90 Å². The molecule has 94 valence electrons. The number of hydrogen-bond acceptors (Lipinski definition) is 4. The van der Waals surface area contributed by atoms with Gasteiger partial charge in [-0.1, -0.05) is 13.8 Å². The Morgan fingerprint density at radius 3 is 2.41 bits per heavy atom. The van der Waals surface area contributed by atoms with Crippen LogP contribution >= 0.6 is 0 Å². The maximum absolute atomic E-state index is 11.9. The van der Waals surface area contributed by atoms with E-state index in [0.29, 0.717) is 5.69 Å². The predicted octanol–water partition coefficient (Wildman–Crippen LogP) is 1.16. The molecule has 0 radical (unpaired) electrons. The Morgan fingerprint density at radius 2 is 2.06 bits per heavy atom. The highest BCUT2D eigenvalue weighted by Crippen LogP contribution is 2.13. The second-order valence-corrected chi connectivity index (χ2v) is 4.24. The average Bonchev–Trinajstić information content (AvgIpc) is 2.62. The molecule has 0 saturated heterocycles. The first kappa shape index (κ1) is 13.2. The number of hydrogen-bond donors (Lipinski definition) is 1. The van der Waals surface area contributed by atoms with Gasteiger partial charge in [0.05, 0.1) is 5.69 Å². The van der Waals surface area contributed by atoms with Crippen molar-refractivity contribution in [3.05, 3.63) is 17.8 Å². The highest BCUT2D eigenvalue weighted by molar-refractivity contribution is 5.92. The molecule has 6 heteroatoms. The van der Waals surface area contributed by atoms with Crippen molar-refractivity contribution in [1.29, 1.82) is 0 Å². The third-order valence-corrected chi connectivity index (χ3v) is 2.42. The Labute approximate surface area is 99.2 Å². The summed E-state index contributed by atoms with van der Waals surface area (Å²) in [7, 11) is 1.43. The Hall–Kier alpha value is -1.85. The van der Waals surface area contributed by atoms with Gasteiger partial charge in [0.15, 0.2) is 0 Å². The first-order chi connectivity index (χ1) is 7.84. The molecule has 1 aromatic rings. The van der Waals surface area contributed by atoms with Crippen molar-refractivity contribution in [2.75, 3.05) is 7.05 Å². The number of amides is 1. The van der Waals surface area contributed by atoms with Crippen molar-refractivity contribution in [3.8, 4) is 0 Å². The van der Waals surface area contributed by atoms with Crippen molar-refractivity contribution >= 4 is 11.9 Å². The largest absolute Gasteiger partial charge is 0.480 e. The molecule has 1 atom stereocenters. The molecule has 0 aliphatic heterocycles. The monoisotopic (exact) mass is 240 g/mol. The predicted molar refractivity (Wildman–Crippen MR) is 59.6 cm³/mol. The molecule has 1 heterocycles. The van der Waals surface area contributed by atoms with Gasteiger partial charge in [-0.2, -0.15) is 0 Å². The molecule has 1 unspecified atom stereocenters. The number of oxazole rings is 1. The first-order valence-electron chi connectivity index (χ1n) is 5.26. The molecular weight excluding hydrogens is 224 g/mol. The van der Waals surface area contributed by atoms with Gasteiger partial charge in [-0.05, 0) is 12.8 Å². The molecule has 1 N–H and O–H groups in total. The summed E-state index contributed by atoms with van der Waals surface area (Å²) in [4.78, 5) is 28.0. The SMILES string of the molecule is Cc1coc(C(=O)N(C)C(C(=O)O)C(C)C)n1. The lowest BCUT2D eigenvalue weighted by Crippen LogP contribution is -2.45. The van der Waals surface area contributed by atoms with Crippen molar-refractivity contribution in [1.82, 2.24) is 9.88 Å². The van der Waals surface area contributed by atoms with Crippen molar-refractivity contribution in [2.45, 2.75) is 26.8 Å². The summed E-state index contributed by atoms with van der Waals surface area (Å²) in [6.45, 7) is 5.17. The van der Waals surface area contributed by atoms with Gasteiger partial charge in [0.2, 0.25) is 0 Å². The quantitative estimate of drug-likeness (QED) is 0.853. The van der Waals surface area contributed by atoms with Gasteiger partial charge in [-0.25, -0.2) is 9.78 Å². The Morgan fingerprint density at radius 1 is 1.47 bits per heavy atom. The third-order valence-electron chi connectivity index (χ3n) is 2.42. The van der Waals surface area contributed by atoms with Crippen LogP contribution in [0.4, 0.5) is 0 Å². The van der Waals surface area contributed by atoms with Crippen LogP contribution < -0.4 is 0 Å². The number of rotatable bonds is 4. The van der Waals surface area contributed by atoms with Gasteiger partial charge in [-0.15, -0.1) is 0 Å². The van der Waals surface area contributed by atoms with E-state index in [1.807, 2.05) is 0 Å². The molecule has 0 bridgehead atoms.